The molecule has 0 bridgehead atoms. The number of fused-ring (bicyclic) bond motifs is 1. The summed E-state index contributed by atoms with van der Waals surface area (Å²) >= 11 is 0. The van der Waals surface area contributed by atoms with E-state index < -0.39 is 0 Å². The first kappa shape index (κ1) is 15.3. The molecule has 0 aliphatic carbocycles. The fourth-order valence-electron chi connectivity index (χ4n) is 2.86. The van der Waals surface area contributed by atoms with Crippen LogP contribution in [0, 0.1) is 0 Å². The highest BCUT2D eigenvalue weighted by Gasteiger charge is 2.23. The summed E-state index contributed by atoms with van der Waals surface area (Å²) in [6.07, 6.45) is 2.62. The van der Waals surface area contributed by atoms with Gasteiger partial charge in [-0.2, -0.15) is 0 Å². The molecule has 1 aliphatic rings. The van der Waals surface area contributed by atoms with Gasteiger partial charge in [-0.3, -0.25) is 0 Å². The minimum Gasteiger partial charge on any atom is -0.497 e. The fourth-order valence-corrected chi connectivity index (χ4v) is 2.86. The first-order chi connectivity index (χ1) is 11.2. The highest BCUT2D eigenvalue weighted by molar-refractivity contribution is 5.94. The number of pyridine rings is 1. The van der Waals surface area contributed by atoms with Crippen molar-refractivity contribution < 1.29 is 14.3 Å². The van der Waals surface area contributed by atoms with Crippen LogP contribution in [0.25, 0.3) is 0 Å². The summed E-state index contributed by atoms with van der Waals surface area (Å²) in [7, 11) is 1.67. The first-order valence-corrected chi connectivity index (χ1v) is 7.75. The zero-order chi connectivity index (χ0) is 16.2. The summed E-state index contributed by atoms with van der Waals surface area (Å²) in [4.78, 5) is 18.7. The molecule has 2 aromatic rings. The molecule has 0 spiro atoms. The number of aromatic nitrogens is 1. The van der Waals surface area contributed by atoms with Crippen LogP contribution in [0.15, 0.2) is 36.5 Å². The number of nitrogens with zero attached hydrogens (tertiary/aromatic N) is 2. The topological polar surface area (TPSA) is 51.7 Å². The Labute approximate surface area is 135 Å². The summed E-state index contributed by atoms with van der Waals surface area (Å²) in [5, 5.41) is 0. The molecule has 1 aliphatic heterocycles. The van der Waals surface area contributed by atoms with Crippen LogP contribution < -0.4 is 9.64 Å². The summed E-state index contributed by atoms with van der Waals surface area (Å²) in [5.74, 6) is 1.20. The van der Waals surface area contributed by atoms with Gasteiger partial charge in [0, 0.05) is 19.3 Å². The van der Waals surface area contributed by atoms with Gasteiger partial charge in [0.2, 0.25) is 0 Å². The lowest BCUT2D eigenvalue weighted by Gasteiger charge is -2.31. The smallest absolute Gasteiger partial charge is 0.341 e. The lowest BCUT2D eigenvalue weighted by molar-refractivity contribution is 0.0526. The second-order valence-electron chi connectivity index (χ2n) is 5.40. The van der Waals surface area contributed by atoms with Crippen LogP contribution in [-0.4, -0.2) is 31.2 Å². The molecule has 0 N–H and O–H groups in total. The van der Waals surface area contributed by atoms with Crippen LogP contribution in [0.1, 0.15) is 28.4 Å². The van der Waals surface area contributed by atoms with Gasteiger partial charge in [0.25, 0.3) is 0 Å². The SMILES string of the molecule is CCOC(=O)c1cccnc1N1CCc2ccc(OC)cc2C1. The summed E-state index contributed by atoms with van der Waals surface area (Å²) in [6.45, 7) is 3.68. The minimum absolute atomic E-state index is 0.327. The maximum Gasteiger partial charge on any atom is 0.341 e. The van der Waals surface area contributed by atoms with Crippen molar-refractivity contribution in [3.05, 3.63) is 53.2 Å². The second-order valence-corrected chi connectivity index (χ2v) is 5.40. The first-order valence-electron chi connectivity index (χ1n) is 7.75. The van der Waals surface area contributed by atoms with Crippen molar-refractivity contribution in [2.45, 2.75) is 19.9 Å². The van der Waals surface area contributed by atoms with Crippen LogP contribution in [-0.2, 0) is 17.7 Å². The summed E-state index contributed by atoms with van der Waals surface area (Å²) in [6, 6.07) is 9.67. The molecule has 1 aromatic heterocycles. The zero-order valence-electron chi connectivity index (χ0n) is 13.4. The van der Waals surface area contributed by atoms with Crippen molar-refractivity contribution in [1.82, 2.24) is 4.98 Å². The molecular formula is C18H20N2O3. The maximum atomic E-state index is 12.1. The molecule has 0 radical (unpaired) electrons. The molecular weight excluding hydrogens is 292 g/mol. The number of esters is 1. The lowest BCUT2D eigenvalue weighted by atomic mass is 9.99. The van der Waals surface area contributed by atoms with E-state index in [4.69, 9.17) is 9.47 Å². The third kappa shape index (κ3) is 3.13. The monoisotopic (exact) mass is 312 g/mol. The number of hydrogen-bond donors (Lipinski definition) is 0. The molecule has 0 saturated heterocycles. The molecule has 23 heavy (non-hydrogen) atoms. The Kier molecular flexibility index (Phi) is 4.46. The number of carbonyl (C=O) groups is 1. The van der Waals surface area contributed by atoms with E-state index in [9.17, 15) is 4.79 Å². The molecule has 5 nitrogen and oxygen atoms in total. The third-order valence-electron chi connectivity index (χ3n) is 4.01. The van der Waals surface area contributed by atoms with Crippen LogP contribution >= 0.6 is 0 Å². The van der Waals surface area contributed by atoms with Crippen LogP contribution in [0.5, 0.6) is 5.75 Å². The van der Waals surface area contributed by atoms with Gasteiger partial charge in [-0.25, -0.2) is 9.78 Å². The van der Waals surface area contributed by atoms with Gasteiger partial charge in [0.1, 0.15) is 17.1 Å². The molecule has 0 saturated carbocycles. The van der Waals surface area contributed by atoms with Crippen molar-refractivity contribution in [3.63, 3.8) is 0 Å². The quantitative estimate of drug-likeness (QED) is 0.813. The zero-order valence-corrected chi connectivity index (χ0v) is 13.4. The lowest BCUT2D eigenvalue weighted by Crippen LogP contribution is -2.32. The Morgan fingerprint density at radius 3 is 2.96 bits per heavy atom. The van der Waals surface area contributed by atoms with E-state index in [0.717, 1.165) is 18.7 Å². The number of anilines is 1. The third-order valence-corrected chi connectivity index (χ3v) is 4.01. The summed E-state index contributed by atoms with van der Waals surface area (Å²) in [5.41, 5.74) is 3.03. The second kappa shape index (κ2) is 6.69. The Hall–Kier alpha value is -2.56. The van der Waals surface area contributed by atoms with Gasteiger partial charge >= 0.3 is 5.97 Å². The minimum atomic E-state index is -0.327. The van der Waals surface area contributed by atoms with E-state index in [1.165, 1.54) is 11.1 Å². The van der Waals surface area contributed by atoms with Gasteiger partial charge in [0.05, 0.1) is 13.7 Å². The number of methoxy groups -OCH3 is 1. The fraction of sp³-hybridized carbons (Fsp3) is 0.333. The van der Waals surface area contributed by atoms with E-state index in [1.54, 1.807) is 32.4 Å². The Morgan fingerprint density at radius 2 is 2.17 bits per heavy atom. The molecule has 0 atom stereocenters. The highest BCUT2D eigenvalue weighted by Crippen LogP contribution is 2.28. The molecule has 1 aromatic carbocycles. The molecule has 3 rings (SSSR count). The number of hydrogen-bond acceptors (Lipinski definition) is 5. The van der Waals surface area contributed by atoms with E-state index in [0.29, 0.717) is 24.5 Å². The van der Waals surface area contributed by atoms with Crippen molar-refractivity contribution in [3.8, 4) is 5.75 Å². The standard InChI is InChI=1S/C18H20N2O3/c1-3-23-18(21)16-5-4-9-19-17(16)20-10-8-13-6-7-15(22-2)11-14(13)12-20/h4-7,9,11H,3,8,10,12H2,1-2H3. The van der Waals surface area contributed by atoms with E-state index in [2.05, 4.69) is 22.0 Å². The predicted octanol–water partition coefficient (Wildman–Crippen LogP) is 2.83. The number of benzene rings is 1. The van der Waals surface area contributed by atoms with Crippen LogP contribution in [0.3, 0.4) is 0 Å². The number of rotatable bonds is 4. The molecule has 120 valence electrons. The molecule has 0 amide bonds. The normalized spacial score (nSPS) is 13.4. The molecule has 0 unspecified atom stereocenters. The van der Waals surface area contributed by atoms with Crippen LogP contribution in [0.2, 0.25) is 0 Å². The number of carbonyl (C=O) groups excluding carboxylic acids is 1. The Bertz CT molecular complexity index is 715. The van der Waals surface area contributed by atoms with E-state index in [-0.39, 0.29) is 5.97 Å². The highest BCUT2D eigenvalue weighted by atomic mass is 16.5. The van der Waals surface area contributed by atoms with Crippen molar-refractivity contribution in [1.29, 1.82) is 0 Å². The van der Waals surface area contributed by atoms with E-state index in [1.807, 2.05) is 6.07 Å². The van der Waals surface area contributed by atoms with Crippen molar-refractivity contribution in [2.75, 3.05) is 25.2 Å². The van der Waals surface area contributed by atoms with E-state index >= 15 is 0 Å². The Balaban J connectivity index is 1.90. The maximum absolute atomic E-state index is 12.1. The molecule has 2 heterocycles. The molecule has 5 heteroatoms. The van der Waals surface area contributed by atoms with Crippen LogP contribution in [0.4, 0.5) is 5.82 Å². The number of ether oxygens (including phenoxy) is 2. The average molecular weight is 312 g/mol. The predicted molar refractivity (Wildman–Crippen MR) is 87.9 cm³/mol. The van der Waals surface area contributed by atoms with Crippen molar-refractivity contribution >= 4 is 11.8 Å². The van der Waals surface area contributed by atoms with Crippen molar-refractivity contribution in [2.24, 2.45) is 0 Å². The van der Waals surface area contributed by atoms with Gasteiger partial charge in [-0.05, 0) is 48.7 Å². The molecule has 0 fully saturated rings. The average Bonchev–Trinajstić information content (AvgIpc) is 2.61. The summed E-state index contributed by atoms with van der Waals surface area (Å²) < 4.78 is 10.4. The largest absolute Gasteiger partial charge is 0.497 e. The van der Waals surface area contributed by atoms with Gasteiger partial charge in [-0.1, -0.05) is 6.07 Å². The van der Waals surface area contributed by atoms with Gasteiger partial charge < -0.3 is 14.4 Å². The Morgan fingerprint density at radius 1 is 1.30 bits per heavy atom. The van der Waals surface area contributed by atoms with Gasteiger partial charge in [-0.15, -0.1) is 0 Å². The van der Waals surface area contributed by atoms with Gasteiger partial charge in [0.15, 0.2) is 0 Å².